The number of hydrogen-bond donors (Lipinski definition) is 3. The average molecular weight is 270 g/mol. The highest BCUT2D eigenvalue weighted by Gasteiger charge is 2.16. The second-order valence-electron chi connectivity index (χ2n) is 5.45. The van der Waals surface area contributed by atoms with Gasteiger partial charge in [-0.15, -0.1) is 0 Å². The molecule has 0 aromatic carbocycles. The second kappa shape index (κ2) is 8.91. The third kappa shape index (κ3) is 7.82. The van der Waals surface area contributed by atoms with Crippen LogP contribution in [0.3, 0.4) is 0 Å². The molecule has 0 saturated heterocycles. The fourth-order valence-electron chi connectivity index (χ4n) is 2.38. The zero-order chi connectivity index (χ0) is 14.1. The topological polar surface area (TPSA) is 78.4 Å². The van der Waals surface area contributed by atoms with Crippen molar-refractivity contribution in [3.05, 3.63) is 0 Å². The number of carbonyl (C=O) groups excluding carboxylic acids is 2. The first kappa shape index (κ1) is 16.0. The van der Waals surface area contributed by atoms with Crippen molar-refractivity contribution in [3.63, 3.8) is 0 Å². The van der Waals surface area contributed by atoms with Crippen molar-refractivity contribution in [2.45, 2.75) is 58.0 Å². The van der Waals surface area contributed by atoms with Gasteiger partial charge in [0.2, 0.25) is 11.8 Å². The van der Waals surface area contributed by atoms with Crippen molar-refractivity contribution < 1.29 is 14.7 Å². The predicted octanol–water partition coefficient (Wildman–Crippen LogP) is 0.960. The molecule has 1 saturated carbocycles. The summed E-state index contributed by atoms with van der Waals surface area (Å²) in [7, 11) is 0. The van der Waals surface area contributed by atoms with Crippen LogP contribution in [-0.4, -0.2) is 36.1 Å². The average Bonchev–Trinajstić information content (AvgIpc) is 2.86. The summed E-state index contributed by atoms with van der Waals surface area (Å²) in [5, 5.41) is 14.3. The molecule has 3 N–H and O–H groups in total. The third-order valence-electron chi connectivity index (χ3n) is 3.58. The van der Waals surface area contributed by atoms with E-state index in [2.05, 4.69) is 10.6 Å². The van der Waals surface area contributed by atoms with Crippen LogP contribution >= 0.6 is 0 Å². The van der Waals surface area contributed by atoms with E-state index >= 15 is 0 Å². The largest absolute Gasteiger partial charge is 0.393 e. The Balaban J connectivity index is 2.00. The lowest BCUT2D eigenvalue weighted by molar-refractivity contribution is -0.126. The first-order valence-electron chi connectivity index (χ1n) is 7.29. The minimum Gasteiger partial charge on any atom is -0.393 e. The van der Waals surface area contributed by atoms with Crippen LogP contribution in [0.5, 0.6) is 0 Å². The molecule has 0 bridgehead atoms. The summed E-state index contributed by atoms with van der Waals surface area (Å²) >= 11 is 0. The quantitative estimate of drug-likeness (QED) is 0.614. The summed E-state index contributed by atoms with van der Waals surface area (Å²) in [6.45, 7) is 2.15. The Labute approximate surface area is 115 Å². The maximum Gasteiger partial charge on any atom is 0.239 e. The predicted molar refractivity (Wildman–Crippen MR) is 73.5 cm³/mol. The molecule has 110 valence electrons. The molecule has 1 aliphatic carbocycles. The van der Waals surface area contributed by atoms with Gasteiger partial charge in [-0.3, -0.25) is 9.59 Å². The molecule has 1 atom stereocenters. The monoisotopic (exact) mass is 270 g/mol. The normalized spacial score (nSPS) is 17.2. The Hall–Kier alpha value is -1.10. The second-order valence-corrected chi connectivity index (χ2v) is 5.45. The van der Waals surface area contributed by atoms with E-state index in [1.165, 1.54) is 25.7 Å². The molecular formula is C14H26N2O3. The molecule has 1 rings (SSSR count). The van der Waals surface area contributed by atoms with Crippen LogP contribution in [-0.2, 0) is 9.59 Å². The lowest BCUT2D eigenvalue weighted by Crippen LogP contribution is -2.37. The van der Waals surface area contributed by atoms with Crippen LogP contribution in [0, 0.1) is 5.92 Å². The van der Waals surface area contributed by atoms with Gasteiger partial charge in [-0.1, -0.05) is 25.7 Å². The molecule has 0 radical (unpaired) electrons. The molecule has 19 heavy (non-hydrogen) atoms. The van der Waals surface area contributed by atoms with Crippen LogP contribution in [0.2, 0.25) is 0 Å². The molecule has 5 heteroatoms. The van der Waals surface area contributed by atoms with Crippen LogP contribution < -0.4 is 10.6 Å². The Kier molecular flexibility index (Phi) is 7.48. The smallest absolute Gasteiger partial charge is 0.239 e. The van der Waals surface area contributed by atoms with Gasteiger partial charge in [0.15, 0.2) is 0 Å². The van der Waals surface area contributed by atoms with Gasteiger partial charge in [0.05, 0.1) is 12.6 Å². The lowest BCUT2D eigenvalue weighted by atomic mass is 10.0. The van der Waals surface area contributed by atoms with Crippen LogP contribution in [0.25, 0.3) is 0 Å². The van der Waals surface area contributed by atoms with Gasteiger partial charge >= 0.3 is 0 Å². The lowest BCUT2D eigenvalue weighted by Gasteiger charge is -2.10. The summed E-state index contributed by atoms with van der Waals surface area (Å²) in [5.74, 6) is 0.457. The highest BCUT2D eigenvalue weighted by Crippen LogP contribution is 2.28. The summed E-state index contributed by atoms with van der Waals surface area (Å²) in [5.41, 5.74) is 0. The highest BCUT2D eigenvalue weighted by atomic mass is 16.3. The van der Waals surface area contributed by atoms with E-state index in [4.69, 9.17) is 5.11 Å². The molecule has 0 aromatic rings. The molecule has 2 amide bonds. The number of hydrogen-bond acceptors (Lipinski definition) is 3. The molecule has 1 unspecified atom stereocenters. The minimum absolute atomic E-state index is 0.0311. The summed E-state index contributed by atoms with van der Waals surface area (Å²) in [6.07, 6.45) is 6.64. The maximum absolute atomic E-state index is 11.6. The zero-order valence-corrected chi connectivity index (χ0v) is 11.8. The van der Waals surface area contributed by atoms with E-state index in [0.29, 0.717) is 25.3 Å². The molecule has 1 fully saturated rings. The van der Waals surface area contributed by atoms with Gasteiger partial charge < -0.3 is 15.7 Å². The van der Waals surface area contributed by atoms with Gasteiger partial charge in [0, 0.05) is 13.0 Å². The van der Waals surface area contributed by atoms with Gasteiger partial charge in [-0.25, -0.2) is 0 Å². The van der Waals surface area contributed by atoms with Crippen LogP contribution in [0.15, 0.2) is 0 Å². The highest BCUT2D eigenvalue weighted by molar-refractivity contribution is 5.84. The summed E-state index contributed by atoms with van der Waals surface area (Å²) in [6, 6.07) is 0. The molecule has 5 nitrogen and oxygen atoms in total. The SMILES string of the molecule is CC(O)CCNC(=O)CNC(=O)CCC1CCCC1. The molecule has 0 spiro atoms. The Bertz CT molecular complexity index is 286. The summed E-state index contributed by atoms with van der Waals surface area (Å²) < 4.78 is 0. The van der Waals surface area contributed by atoms with Crippen molar-refractivity contribution in [1.82, 2.24) is 10.6 Å². The van der Waals surface area contributed by atoms with Crippen molar-refractivity contribution >= 4 is 11.8 Å². The molecule has 0 aliphatic heterocycles. The van der Waals surface area contributed by atoms with E-state index in [-0.39, 0.29) is 18.4 Å². The van der Waals surface area contributed by atoms with Gasteiger partial charge in [0.1, 0.15) is 0 Å². The van der Waals surface area contributed by atoms with E-state index in [1.54, 1.807) is 6.92 Å². The Morgan fingerprint density at radius 3 is 2.53 bits per heavy atom. The van der Waals surface area contributed by atoms with Crippen molar-refractivity contribution in [2.24, 2.45) is 5.92 Å². The van der Waals surface area contributed by atoms with Gasteiger partial charge in [-0.2, -0.15) is 0 Å². The molecule has 0 aromatic heterocycles. The maximum atomic E-state index is 11.6. The first-order valence-corrected chi connectivity index (χ1v) is 7.29. The number of aliphatic hydroxyl groups is 1. The van der Waals surface area contributed by atoms with Gasteiger partial charge in [-0.05, 0) is 25.7 Å². The number of nitrogens with one attached hydrogen (secondary N) is 2. The number of rotatable bonds is 8. The van der Waals surface area contributed by atoms with E-state index in [9.17, 15) is 9.59 Å². The number of amides is 2. The van der Waals surface area contributed by atoms with Crippen molar-refractivity contribution in [2.75, 3.05) is 13.1 Å². The molecule has 0 heterocycles. The van der Waals surface area contributed by atoms with E-state index in [0.717, 1.165) is 6.42 Å². The third-order valence-corrected chi connectivity index (χ3v) is 3.58. The number of carbonyl (C=O) groups is 2. The Morgan fingerprint density at radius 2 is 1.89 bits per heavy atom. The van der Waals surface area contributed by atoms with Crippen molar-refractivity contribution in [1.29, 1.82) is 0 Å². The minimum atomic E-state index is -0.415. The van der Waals surface area contributed by atoms with Crippen LogP contribution in [0.4, 0.5) is 0 Å². The van der Waals surface area contributed by atoms with Gasteiger partial charge in [0.25, 0.3) is 0 Å². The Morgan fingerprint density at radius 1 is 1.21 bits per heavy atom. The summed E-state index contributed by atoms with van der Waals surface area (Å²) in [4.78, 5) is 22.9. The fraction of sp³-hybridized carbons (Fsp3) is 0.857. The molecule has 1 aliphatic rings. The zero-order valence-electron chi connectivity index (χ0n) is 11.8. The molecular weight excluding hydrogens is 244 g/mol. The first-order chi connectivity index (χ1) is 9.08. The van der Waals surface area contributed by atoms with E-state index in [1.807, 2.05) is 0 Å². The fourth-order valence-corrected chi connectivity index (χ4v) is 2.38. The van der Waals surface area contributed by atoms with Crippen LogP contribution in [0.1, 0.15) is 51.9 Å². The number of aliphatic hydroxyl groups excluding tert-OH is 1. The van der Waals surface area contributed by atoms with E-state index < -0.39 is 6.10 Å². The standard InChI is InChI=1S/C14H26N2O3/c1-11(17)8-9-15-14(19)10-16-13(18)7-6-12-4-2-3-5-12/h11-12,17H,2-10H2,1H3,(H,15,19)(H,16,18). The van der Waals surface area contributed by atoms with Crippen molar-refractivity contribution in [3.8, 4) is 0 Å².